The van der Waals surface area contributed by atoms with E-state index in [1.165, 1.54) is 18.2 Å². The van der Waals surface area contributed by atoms with Gasteiger partial charge in [-0.15, -0.1) is 0 Å². The van der Waals surface area contributed by atoms with Crippen molar-refractivity contribution in [2.24, 2.45) is 11.8 Å². The highest BCUT2D eigenvalue weighted by molar-refractivity contribution is 5.92. The summed E-state index contributed by atoms with van der Waals surface area (Å²) < 4.78 is 44.6. The van der Waals surface area contributed by atoms with Crippen molar-refractivity contribution in [1.82, 2.24) is 14.8 Å². The lowest BCUT2D eigenvalue weighted by Crippen LogP contribution is -2.40. The van der Waals surface area contributed by atoms with Gasteiger partial charge in [-0.1, -0.05) is 24.3 Å². The Morgan fingerprint density at radius 1 is 0.911 bits per heavy atom. The molecule has 1 aliphatic carbocycles. The van der Waals surface area contributed by atoms with Gasteiger partial charge in [-0.3, -0.25) is 9.78 Å². The minimum absolute atomic E-state index is 0.0373. The molecule has 1 aromatic heterocycles. The van der Waals surface area contributed by atoms with E-state index >= 15 is 0 Å². The zero-order valence-corrected chi connectivity index (χ0v) is 26.0. The van der Waals surface area contributed by atoms with Crippen LogP contribution in [0.2, 0.25) is 0 Å². The summed E-state index contributed by atoms with van der Waals surface area (Å²) in [5.41, 5.74) is 2.16. The number of fused-ring (bicyclic) bond motifs is 1. The Kier molecular flexibility index (Phi) is 9.23. The maximum atomic E-state index is 13.7. The number of carbonyl (C=O) groups is 2. The highest BCUT2D eigenvalue weighted by Gasteiger charge is 2.45. The summed E-state index contributed by atoms with van der Waals surface area (Å²) >= 11 is 0. The Hall–Kier alpha value is -4.34. The number of carbonyl (C=O) groups excluding carboxylic acids is 2. The lowest BCUT2D eigenvalue weighted by molar-refractivity contribution is -0.137. The maximum Gasteiger partial charge on any atom is 0.416 e. The van der Waals surface area contributed by atoms with Crippen LogP contribution < -0.4 is 4.90 Å². The molecule has 1 unspecified atom stereocenters. The first-order valence-corrected chi connectivity index (χ1v) is 15.1. The molecule has 10 heteroatoms. The van der Waals surface area contributed by atoms with E-state index in [0.29, 0.717) is 25.2 Å². The molecule has 2 aliphatic rings. The largest absolute Gasteiger partial charge is 0.444 e. The SMILES string of the molecule is CN(c1ccncc1)c1ccc(CN(C(=O)/C=C/c2ccc(C(F)(F)F)cc2)C2C[C@@H]3CN(C(=O)OC(C)(C)C)C[C@@H]3C2)cc1. The Bertz CT molecular complexity index is 1490. The van der Waals surface area contributed by atoms with Gasteiger partial charge in [0.25, 0.3) is 0 Å². The summed E-state index contributed by atoms with van der Waals surface area (Å²) in [6.07, 6.45) is 3.27. The Balaban J connectivity index is 1.31. The van der Waals surface area contributed by atoms with E-state index in [1.807, 2.05) is 69.1 Å². The number of likely N-dealkylation sites (tertiary alicyclic amines) is 1. The number of pyridine rings is 1. The molecule has 1 saturated carbocycles. The predicted octanol–water partition coefficient (Wildman–Crippen LogP) is 7.56. The third kappa shape index (κ3) is 8.04. The van der Waals surface area contributed by atoms with Gasteiger partial charge >= 0.3 is 12.3 Å². The highest BCUT2D eigenvalue weighted by Crippen LogP contribution is 2.41. The lowest BCUT2D eigenvalue weighted by Gasteiger charge is -2.30. The van der Waals surface area contributed by atoms with E-state index < -0.39 is 17.3 Å². The van der Waals surface area contributed by atoms with Gasteiger partial charge in [-0.05, 0) is 99.0 Å². The number of anilines is 2. The number of ether oxygens (including phenoxy) is 1. The molecule has 5 rings (SSSR count). The second-order valence-electron chi connectivity index (χ2n) is 12.9. The molecule has 0 spiro atoms. The van der Waals surface area contributed by atoms with Gasteiger partial charge < -0.3 is 19.4 Å². The average molecular weight is 621 g/mol. The van der Waals surface area contributed by atoms with Crippen LogP contribution in [0.15, 0.2) is 79.1 Å². The van der Waals surface area contributed by atoms with Gasteiger partial charge in [-0.25, -0.2) is 4.79 Å². The summed E-state index contributed by atoms with van der Waals surface area (Å²) in [4.78, 5) is 36.1. The molecule has 238 valence electrons. The predicted molar refractivity (Wildman–Crippen MR) is 168 cm³/mol. The molecule has 3 atom stereocenters. The molecule has 2 aromatic carbocycles. The Morgan fingerprint density at radius 2 is 1.49 bits per heavy atom. The molecule has 1 saturated heterocycles. The van der Waals surface area contributed by atoms with E-state index in [2.05, 4.69) is 9.88 Å². The summed E-state index contributed by atoms with van der Waals surface area (Å²) in [6, 6.07) is 16.6. The zero-order chi connectivity index (χ0) is 32.4. The molecule has 1 aliphatic heterocycles. The number of aromatic nitrogens is 1. The van der Waals surface area contributed by atoms with Crippen molar-refractivity contribution < 1.29 is 27.5 Å². The first kappa shape index (κ1) is 32.1. The fourth-order valence-electron chi connectivity index (χ4n) is 6.17. The molecule has 2 heterocycles. The molecule has 0 bridgehead atoms. The van der Waals surface area contributed by atoms with Crippen molar-refractivity contribution in [3.8, 4) is 0 Å². The number of alkyl halides is 3. The summed E-state index contributed by atoms with van der Waals surface area (Å²) in [5.74, 6) is 0.308. The molecular formula is C35H39F3N4O3. The molecule has 2 amide bonds. The topological polar surface area (TPSA) is 66.0 Å². The van der Waals surface area contributed by atoms with Gasteiger partial charge in [0.2, 0.25) is 5.91 Å². The summed E-state index contributed by atoms with van der Waals surface area (Å²) in [6.45, 7) is 7.12. The van der Waals surface area contributed by atoms with Crippen LogP contribution in [0.1, 0.15) is 50.3 Å². The average Bonchev–Trinajstić information content (AvgIpc) is 3.58. The number of rotatable bonds is 7. The second-order valence-corrected chi connectivity index (χ2v) is 12.9. The van der Waals surface area contributed by atoms with Crippen molar-refractivity contribution in [2.45, 2.75) is 58.0 Å². The van der Waals surface area contributed by atoms with Crippen molar-refractivity contribution in [2.75, 3.05) is 25.0 Å². The van der Waals surface area contributed by atoms with Crippen LogP contribution in [0, 0.1) is 11.8 Å². The molecule has 3 aromatic rings. The molecular weight excluding hydrogens is 581 g/mol. The summed E-state index contributed by atoms with van der Waals surface area (Å²) in [7, 11) is 1.98. The lowest BCUT2D eigenvalue weighted by atomic mass is 10.0. The van der Waals surface area contributed by atoms with Crippen LogP contribution in [0.5, 0.6) is 0 Å². The van der Waals surface area contributed by atoms with Crippen LogP contribution >= 0.6 is 0 Å². The van der Waals surface area contributed by atoms with Crippen molar-refractivity contribution in [3.05, 3.63) is 95.8 Å². The number of hydrogen-bond acceptors (Lipinski definition) is 5. The minimum Gasteiger partial charge on any atom is -0.444 e. The second kappa shape index (κ2) is 12.9. The van der Waals surface area contributed by atoms with Gasteiger partial charge in [0.1, 0.15) is 5.60 Å². The number of nitrogens with zero attached hydrogens (tertiary/aromatic N) is 4. The molecule has 2 fully saturated rings. The number of hydrogen-bond donors (Lipinski definition) is 0. The van der Waals surface area contributed by atoms with E-state index in [-0.39, 0.29) is 29.9 Å². The monoisotopic (exact) mass is 620 g/mol. The van der Waals surface area contributed by atoms with E-state index in [1.54, 1.807) is 23.4 Å². The van der Waals surface area contributed by atoms with Gasteiger partial charge in [0.15, 0.2) is 0 Å². The third-order valence-electron chi connectivity index (χ3n) is 8.48. The minimum atomic E-state index is -4.42. The number of halogens is 3. The molecule has 45 heavy (non-hydrogen) atoms. The number of amides is 2. The summed E-state index contributed by atoms with van der Waals surface area (Å²) in [5, 5.41) is 0. The van der Waals surface area contributed by atoms with Crippen molar-refractivity contribution in [3.63, 3.8) is 0 Å². The Labute approximate surface area is 262 Å². The van der Waals surface area contributed by atoms with Gasteiger partial charge in [-0.2, -0.15) is 13.2 Å². The van der Waals surface area contributed by atoms with Crippen molar-refractivity contribution >= 4 is 29.5 Å². The van der Waals surface area contributed by atoms with E-state index in [4.69, 9.17) is 4.74 Å². The van der Waals surface area contributed by atoms with Crippen LogP contribution in [0.4, 0.5) is 29.3 Å². The number of benzene rings is 2. The molecule has 0 radical (unpaired) electrons. The van der Waals surface area contributed by atoms with Gasteiger partial charge in [0, 0.05) is 62.6 Å². The smallest absolute Gasteiger partial charge is 0.416 e. The van der Waals surface area contributed by atoms with E-state index in [0.717, 1.165) is 41.9 Å². The van der Waals surface area contributed by atoms with Crippen LogP contribution in [-0.2, 0) is 22.3 Å². The van der Waals surface area contributed by atoms with Crippen LogP contribution in [0.3, 0.4) is 0 Å². The van der Waals surface area contributed by atoms with Crippen LogP contribution in [-0.4, -0.2) is 58.6 Å². The first-order chi connectivity index (χ1) is 21.3. The maximum absolute atomic E-state index is 13.7. The van der Waals surface area contributed by atoms with Crippen molar-refractivity contribution in [1.29, 1.82) is 0 Å². The first-order valence-electron chi connectivity index (χ1n) is 15.1. The standard InChI is InChI=1S/C35H39F3N4O3/c1-34(2,3)45-33(44)41-22-26-19-31(20-27(26)23-41)42(32(43)14-9-24-5-10-28(11-6-24)35(36,37)38)21-25-7-12-29(13-8-25)40(4)30-15-17-39-18-16-30/h5-18,26-27,31H,19-23H2,1-4H3/b14-9+/t26-,27+,31?. The zero-order valence-electron chi connectivity index (χ0n) is 26.0. The van der Waals surface area contributed by atoms with Gasteiger partial charge in [0.05, 0.1) is 5.56 Å². The van der Waals surface area contributed by atoms with E-state index in [9.17, 15) is 22.8 Å². The highest BCUT2D eigenvalue weighted by atomic mass is 19.4. The third-order valence-corrected chi connectivity index (χ3v) is 8.48. The quantitative estimate of drug-likeness (QED) is 0.255. The fourth-order valence-corrected chi connectivity index (χ4v) is 6.17. The van der Waals surface area contributed by atoms with Crippen LogP contribution in [0.25, 0.3) is 6.08 Å². The normalized spacial score (nSPS) is 19.9. The Morgan fingerprint density at radius 3 is 2.04 bits per heavy atom. The fraction of sp³-hybridized carbons (Fsp3) is 0.400. The molecule has 0 N–H and O–H groups in total. The molecule has 7 nitrogen and oxygen atoms in total.